The quantitative estimate of drug-likeness (QED) is 0.219. The van der Waals surface area contributed by atoms with Gasteiger partial charge in [0.15, 0.2) is 5.17 Å². The Kier molecular flexibility index (Phi) is 10.5. The highest BCUT2D eigenvalue weighted by Crippen LogP contribution is 2.24. The molecule has 0 radical (unpaired) electrons. The van der Waals surface area contributed by atoms with Crippen molar-refractivity contribution in [1.82, 2.24) is 5.32 Å². The van der Waals surface area contributed by atoms with E-state index in [1.807, 2.05) is 24.3 Å². The van der Waals surface area contributed by atoms with Crippen molar-refractivity contribution >= 4 is 29.1 Å². The molecule has 1 amide bonds. The van der Waals surface area contributed by atoms with Gasteiger partial charge in [0.2, 0.25) is 5.91 Å². The van der Waals surface area contributed by atoms with E-state index in [0.29, 0.717) is 11.6 Å². The number of unbranched alkanes of at least 4 members (excludes halogenated alkanes) is 4. The number of aryl methyl sites for hydroxylation is 1. The van der Waals surface area contributed by atoms with Crippen molar-refractivity contribution in [1.29, 1.82) is 0 Å². The molecular formula is C27H35N3O2S. The lowest BCUT2D eigenvalue weighted by Gasteiger charge is -2.06. The average Bonchev–Trinajstić information content (AvgIpc) is 3.18. The molecule has 0 saturated carbocycles. The maximum atomic E-state index is 12.3. The number of amidine groups is 1. The van der Waals surface area contributed by atoms with Crippen LogP contribution in [0.3, 0.4) is 0 Å². The lowest BCUT2D eigenvalue weighted by atomic mass is 10.0. The number of amides is 1. The fourth-order valence-electron chi connectivity index (χ4n) is 3.54. The molecule has 0 spiro atoms. The van der Waals surface area contributed by atoms with Gasteiger partial charge in [-0.3, -0.25) is 4.79 Å². The SMILES string of the molecule is CCCCCCOc1ccc(/C=N/N=C2\NC(=O)C(Cc3ccc(CCCC)cc3)S2)cc1. The Labute approximate surface area is 202 Å². The van der Waals surface area contributed by atoms with Gasteiger partial charge in [-0.2, -0.15) is 5.10 Å². The molecule has 1 atom stereocenters. The predicted octanol–water partition coefficient (Wildman–Crippen LogP) is 6.15. The van der Waals surface area contributed by atoms with Crippen molar-refractivity contribution in [2.24, 2.45) is 10.2 Å². The van der Waals surface area contributed by atoms with Gasteiger partial charge in [0.05, 0.1) is 18.1 Å². The number of hydrogen-bond acceptors (Lipinski definition) is 5. The lowest BCUT2D eigenvalue weighted by molar-refractivity contribution is -0.118. The zero-order valence-electron chi connectivity index (χ0n) is 19.8. The van der Waals surface area contributed by atoms with Gasteiger partial charge in [0.1, 0.15) is 5.75 Å². The summed E-state index contributed by atoms with van der Waals surface area (Å²) in [6, 6.07) is 16.4. The Balaban J connectivity index is 1.45. The first-order valence-electron chi connectivity index (χ1n) is 12.1. The van der Waals surface area contributed by atoms with Crippen molar-refractivity contribution in [3.8, 4) is 5.75 Å². The Morgan fingerprint density at radius 3 is 2.39 bits per heavy atom. The number of carbonyl (C=O) groups excluding carboxylic acids is 1. The van der Waals surface area contributed by atoms with E-state index in [1.165, 1.54) is 55.0 Å². The molecule has 2 aromatic rings. The molecule has 0 aromatic heterocycles. The summed E-state index contributed by atoms with van der Waals surface area (Å²) in [6.07, 6.45) is 10.7. The zero-order valence-corrected chi connectivity index (χ0v) is 20.6. The minimum atomic E-state index is -0.172. The third kappa shape index (κ3) is 8.69. The summed E-state index contributed by atoms with van der Waals surface area (Å²) in [7, 11) is 0. The van der Waals surface area contributed by atoms with E-state index in [9.17, 15) is 4.79 Å². The molecular weight excluding hydrogens is 430 g/mol. The van der Waals surface area contributed by atoms with E-state index >= 15 is 0 Å². The standard InChI is InChI=1S/C27H35N3O2S/c1-3-5-7-8-18-32-24-16-14-23(15-17-24)20-28-30-27-29-26(31)25(33-27)19-22-12-10-21(11-13-22)9-6-4-2/h10-17,20,25H,3-9,18-19H2,1-2H3,(H,29,30,31)/b28-20+. The van der Waals surface area contributed by atoms with Gasteiger partial charge in [-0.25, -0.2) is 0 Å². The topological polar surface area (TPSA) is 63.1 Å². The van der Waals surface area contributed by atoms with E-state index in [1.54, 1.807) is 6.21 Å². The highest BCUT2D eigenvalue weighted by atomic mass is 32.2. The second kappa shape index (κ2) is 13.8. The van der Waals surface area contributed by atoms with E-state index in [-0.39, 0.29) is 11.2 Å². The maximum Gasteiger partial charge on any atom is 0.239 e. The van der Waals surface area contributed by atoms with Gasteiger partial charge in [-0.15, -0.1) is 5.10 Å². The van der Waals surface area contributed by atoms with Crippen molar-refractivity contribution in [2.75, 3.05) is 6.61 Å². The Morgan fingerprint density at radius 2 is 1.67 bits per heavy atom. The third-order valence-electron chi connectivity index (χ3n) is 5.54. The number of carbonyl (C=O) groups is 1. The zero-order chi connectivity index (χ0) is 23.3. The predicted molar refractivity (Wildman–Crippen MR) is 139 cm³/mol. The number of hydrogen-bond donors (Lipinski definition) is 1. The molecule has 6 heteroatoms. The monoisotopic (exact) mass is 465 g/mol. The van der Waals surface area contributed by atoms with Crippen LogP contribution in [-0.4, -0.2) is 29.1 Å². The van der Waals surface area contributed by atoms with Crippen LogP contribution in [0.2, 0.25) is 0 Å². The van der Waals surface area contributed by atoms with Gasteiger partial charge < -0.3 is 10.1 Å². The van der Waals surface area contributed by atoms with Gasteiger partial charge in [-0.05, 0) is 66.6 Å². The maximum absolute atomic E-state index is 12.3. The molecule has 1 unspecified atom stereocenters. The minimum Gasteiger partial charge on any atom is -0.494 e. The molecule has 1 saturated heterocycles. The van der Waals surface area contributed by atoms with Crippen molar-refractivity contribution < 1.29 is 9.53 Å². The highest BCUT2D eigenvalue weighted by Gasteiger charge is 2.30. The van der Waals surface area contributed by atoms with Crippen molar-refractivity contribution in [3.05, 3.63) is 65.2 Å². The first-order chi connectivity index (χ1) is 16.2. The van der Waals surface area contributed by atoms with Crippen LogP contribution in [0.1, 0.15) is 69.1 Å². The molecule has 1 aliphatic heterocycles. The van der Waals surface area contributed by atoms with Crippen LogP contribution in [0.25, 0.3) is 0 Å². The largest absolute Gasteiger partial charge is 0.494 e. The Morgan fingerprint density at radius 1 is 0.939 bits per heavy atom. The summed E-state index contributed by atoms with van der Waals surface area (Å²) < 4.78 is 5.77. The summed E-state index contributed by atoms with van der Waals surface area (Å²) in [6.45, 7) is 5.16. The lowest BCUT2D eigenvalue weighted by Crippen LogP contribution is -2.25. The van der Waals surface area contributed by atoms with E-state index in [2.05, 4.69) is 53.6 Å². The number of nitrogens with zero attached hydrogens (tertiary/aromatic N) is 2. The summed E-state index contributed by atoms with van der Waals surface area (Å²) in [5, 5.41) is 11.6. The van der Waals surface area contributed by atoms with Gasteiger partial charge in [0.25, 0.3) is 0 Å². The molecule has 3 rings (SSSR count). The molecule has 2 aromatic carbocycles. The molecule has 0 aliphatic carbocycles. The molecule has 1 N–H and O–H groups in total. The first-order valence-corrected chi connectivity index (χ1v) is 12.9. The van der Waals surface area contributed by atoms with Gasteiger partial charge >= 0.3 is 0 Å². The van der Waals surface area contributed by atoms with Crippen LogP contribution in [0, 0.1) is 0 Å². The van der Waals surface area contributed by atoms with E-state index in [0.717, 1.165) is 30.8 Å². The summed E-state index contributed by atoms with van der Waals surface area (Å²) in [5.41, 5.74) is 3.46. The first kappa shape index (κ1) is 25.0. The van der Waals surface area contributed by atoms with E-state index < -0.39 is 0 Å². The number of benzene rings is 2. The smallest absolute Gasteiger partial charge is 0.239 e. The van der Waals surface area contributed by atoms with Crippen molar-refractivity contribution in [3.63, 3.8) is 0 Å². The number of ether oxygens (including phenoxy) is 1. The number of thioether (sulfide) groups is 1. The molecule has 1 heterocycles. The van der Waals surface area contributed by atoms with Crippen LogP contribution in [-0.2, 0) is 17.6 Å². The fraction of sp³-hybridized carbons (Fsp3) is 0.444. The third-order valence-corrected chi connectivity index (χ3v) is 6.61. The van der Waals surface area contributed by atoms with Crippen LogP contribution in [0.5, 0.6) is 5.75 Å². The van der Waals surface area contributed by atoms with Crippen LogP contribution >= 0.6 is 11.8 Å². The van der Waals surface area contributed by atoms with Crippen molar-refractivity contribution in [2.45, 2.75) is 70.5 Å². The average molecular weight is 466 g/mol. The summed E-state index contributed by atoms with van der Waals surface area (Å²) in [5.74, 6) is 0.860. The molecule has 5 nitrogen and oxygen atoms in total. The van der Waals surface area contributed by atoms with Gasteiger partial charge in [-0.1, -0.05) is 75.6 Å². The number of rotatable bonds is 13. The minimum absolute atomic E-state index is 0.00977. The molecule has 33 heavy (non-hydrogen) atoms. The van der Waals surface area contributed by atoms with Crippen LogP contribution in [0.4, 0.5) is 0 Å². The Bertz CT molecular complexity index is 923. The molecule has 1 fully saturated rings. The summed E-state index contributed by atoms with van der Waals surface area (Å²) in [4.78, 5) is 12.3. The van der Waals surface area contributed by atoms with E-state index in [4.69, 9.17) is 4.74 Å². The second-order valence-electron chi connectivity index (χ2n) is 8.35. The highest BCUT2D eigenvalue weighted by molar-refractivity contribution is 8.15. The number of nitrogens with one attached hydrogen (secondary N) is 1. The molecule has 0 bridgehead atoms. The summed E-state index contributed by atoms with van der Waals surface area (Å²) >= 11 is 1.44. The van der Waals surface area contributed by atoms with Gasteiger partial charge in [0, 0.05) is 0 Å². The fourth-order valence-corrected chi connectivity index (χ4v) is 4.51. The molecule has 176 valence electrons. The normalized spacial score (nSPS) is 17.1. The molecule has 1 aliphatic rings. The second-order valence-corrected chi connectivity index (χ2v) is 9.54. The van der Waals surface area contributed by atoms with Crippen LogP contribution < -0.4 is 10.1 Å². The van der Waals surface area contributed by atoms with Crippen LogP contribution in [0.15, 0.2) is 58.7 Å². The Hall–Kier alpha value is -2.60.